The van der Waals surface area contributed by atoms with E-state index in [9.17, 15) is 0 Å². The fourth-order valence-electron chi connectivity index (χ4n) is 11.9. The fourth-order valence-corrected chi connectivity index (χ4v) is 11.9. The van der Waals surface area contributed by atoms with Gasteiger partial charge in [0.25, 0.3) is 0 Å². The molecule has 0 saturated heterocycles. The number of fused-ring (bicyclic) bond motifs is 15. The van der Waals surface area contributed by atoms with Crippen LogP contribution in [0.2, 0.25) is 0 Å². The van der Waals surface area contributed by atoms with Gasteiger partial charge in [0.05, 0.1) is 27.8 Å². The lowest BCUT2D eigenvalue weighted by Crippen LogP contribution is -2.26. The second-order valence-corrected chi connectivity index (χ2v) is 18.0. The highest BCUT2D eigenvalue weighted by Crippen LogP contribution is 2.65. The topological polar surface area (TPSA) is 11.4 Å². The van der Waals surface area contributed by atoms with Crippen LogP contribution in [-0.4, -0.2) is 4.57 Å². The van der Waals surface area contributed by atoms with Crippen LogP contribution in [0.3, 0.4) is 0 Å². The van der Waals surface area contributed by atoms with E-state index in [4.69, 9.17) is 0 Å². The Labute approximate surface area is 395 Å². The zero-order valence-electron chi connectivity index (χ0n) is 37.2. The van der Waals surface area contributed by atoms with Gasteiger partial charge < -0.3 is 14.4 Å². The van der Waals surface area contributed by atoms with E-state index >= 15 is 0 Å². The van der Waals surface area contributed by atoms with Gasteiger partial charge in [-0.25, -0.2) is 0 Å². The molecule has 0 bridgehead atoms. The number of anilines is 6. The summed E-state index contributed by atoms with van der Waals surface area (Å²) < 4.78 is 2.41. The largest absolute Gasteiger partial charge is 0.310 e. The normalized spacial score (nSPS) is 14.2. The predicted octanol–water partition coefficient (Wildman–Crippen LogP) is 17.2. The molecule has 2 aliphatic rings. The molecule has 68 heavy (non-hydrogen) atoms. The highest BCUT2D eigenvalue weighted by atomic mass is 15.2. The van der Waals surface area contributed by atoms with Gasteiger partial charge in [0, 0.05) is 44.6 Å². The summed E-state index contributed by atoms with van der Waals surface area (Å²) in [4.78, 5) is 4.91. The lowest BCUT2D eigenvalue weighted by Gasteiger charge is -2.33. The van der Waals surface area contributed by atoms with Crippen molar-refractivity contribution in [3.8, 4) is 27.9 Å². The maximum absolute atomic E-state index is 2.52. The molecule has 1 unspecified atom stereocenters. The first-order valence-electron chi connectivity index (χ1n) is 23.5. The molecule has 11 aromatic carbocycles. The van der Waals surface area contributed by atoms with Gasteiger partial charge in [-0.15, -0.1) is 0 Å². The van der Waals surface area contributed by atoms with Gasteiger partial charge in [0.15, 0.2) is 0 Å². The molecule has 0 radical (unpaired) electrons. The molecule has 1 aromatic heterocycles. The van der Waals surface area contributed by atoms with E-state index < -0.39 is 5.41 Å². The first kappa shape index (κ1) is 38.4. The summed E-state index contributed by atoms with van der Waals surface area (Å²) in [5, 5.41) is 4.90. The summed E-state index contributed by atoms with van der Waals surface area (Å²) in [6, 6.07) is 96.0. The Bertz CT molecular complexity index is 3870. The lowest BCUT2D eigenvalue weighted by atomic mass is 9.70. The van der Waals surface area contributed by atoms with Gasteiger partial charge in [-0.1, -0.05) is 176 Å². The standard InChI is InChI=1S/C65H43N3/c1-5-22-44(23-6-1)66(45-24-7-2-8-25-45)62-43-58-63(51-32-14-13-31-50(51)62)52-33-16-19-36-56(52)65(58)55-35-18-15-30-49(55)54-42-48(40-41-57(54)65)67(46-26-9-3-10-27-46)60-38-21-39-61-64(60)53-34-17-20-37-59(53)68(61)47-28-11-4-12-29-47/h1-43H. The monoisotopic (exact) mass is 865 g/mol. The lowest BCUT2D eigenvalue weighted by molar-refractivity contribution is 0.794. The Kier molecular flexibility index (Phi) is 8.50. The summed E-state index contributed by atoms with van der Waals surface area (Å²) in [6.07, 6.45) is 0. The van der Waals surface area contributed by atoms with Gasteiger partial charge in [-0.3, -0.25) is 0 Å². The summed E-state index contributed by atoms with van der Waals surface area (Å²) in [5.41, 5.74) is 20.0. The Morgan fingerprint density at radius 2 is 0.794 bits per heavy atom. The molecule has 1 spiro atoms. The molecule has 0 N–H and O–H groups in total. The zero-order valence-corrected chi connectivity index (χ0v) is 37.2. The van der Waals surface area contributed by atoms with Crippen LogP contribution in [0.25, 0.3) is 60.5 Å². The maximum Gasteiger partial charge on any atom is 0.0726 e. The quantitative estimate of drug-likeness (QED) is 0.158. The second-order valence-electron chi connectivity index (χ2n) is 18.0. The molecule has 3 nitrogen and oxygen atoms in total. The number of hydrogen-bond acceptors (Lipinski definition) is 2. The van der Waals surface area contributed by atoms with Crippen molar-refractivity contribution in [2.24, 2.45) is 0 Å². The average molecular weight is 866 g/mol. The van der Waals surface area contributed by atoms with Crippen molar-refractivity contribution in [1.82, 2.24) is 4.57 Å². The molecule has 0 amide bonds. The molecule has 1 atom stereocenters. The summed E-state index contributed by atoms with van der Waals surface area (Å²) in [6.45, 7) is 0. The van der Waals surface area contributed by atoms with E-state index in [2.05, 4.69) is 275 Å². The van der Waals surface area contributed by atoms with E-state index in [1.54, 1.807) is 0 Å². The van der Waals surface area contributed by atoms with Gasteiger partial charge >= 0.3 is 0 Å². The first-order chi connectivity index (χ1) is 33.8. The molecular formula is C65H43N3. The molecule has 3 heteroatoms. The maximum atomic E-state index is 2.52. The zero-order chi connectivity index (χ0) is 44.8. The number of aromatic nitrogens is 1. The van der Waals surface area contributed by atoms with E-state index in [-0.39, 0.29) is 0 Å². The molecule has 0 aliphatic heterocycles. The smallest absolute Gasteiger partial charge is 0.0726 e. The molecule has 12 aromatic rings. The predicted molar refractivity (Wildman–Crippen MR) is 284 cm³/mol. The van der Waals surface area contributed by atoms with Crippen LogP contribution in [0, 0.1) is 0 Å². The fraction of sp³-hybridized carbons (Fsp3) is 0.0154. The summed E-state index contributed by atoms with van der Waals surface area (Å²) in [5.74, 6) is 0. The van der Waals surface area contributed by atoms with Crippen molar-refractivity contribution in [3.05, 3.63) is 283 Å². The summed E-state index contributed by atoms with van der Waals surface area (Å²) >= 11 is 0. The second kappa shape index (κ2) is 15.1. The van der Waals surface area contributed by atoms with Crippen LogP contribution in [0.4, 0.5) is 34.1 Å². The van der Waals surface area contributed by atoms with Crippen molar-refractivity contribution >= 4 is 66.7 Å². The molecular weight excluding hydrogens is 823 g/mol. The number of para-hydroxylation sites is 5. The van der Waals surface area contributed by atoms with Crippen molar-refractivity contribution in [3.63, 3.8) is 0 Å². The third-order valence-corrected chi connectivity index (χ3v) is 14.5. The molecule has 0 saturated carbocycles. The summed E-state index contributed by atoms with van der Waals surface area (Å²) in [7, 11) is 0. The van der Waals surface area contributed by atoms with E-state index in [1.165, 1.54) is 77.1 Å². The first-order valence-corrected chi connectivity index (χ1v) is 23.5. The van der Waals surface area contributed by atoms with Crippen LogP contribution in [-0.2, 0) is 5.41 Å². The average Bonchev–Trinajstić information content (AvgIpc) is 4.02. The number of rotatable bonds is 7. The molecule has 2 aliphatic carbocycles. The van der Waals surface area contributed by atoms with Gasteiger partial charge in [0.1, 0.15) is 0 Å². The van der Waals surface area contributed by atoms with E-state index in [0.717, 1.165) is 39.8 Å². The van der Waals surface area contributed by atoms with Crippen molar-refractivity contribution < 1.29 is 0 Å². The van der Waals surface area contributed by atoms with Crippen LogP contribution in [0.15, 0.2) is 261 Å². The molecule has 1 heterocycles. The highest BCUT2D eigenvalue weighted by Gasteiger charge is 2.52. The van der Waals surface area contributed by atoms with Gasteiger partial charge in [0.2, 0.25) is 0 Å². The number of hydrogen-bond donors (Lipinski definition) is 0. The Balaban J connectivity index is 1.05. The van der Waals surface area contributed by atoms with Crippen molar-refractivity contribution in [1.29, 1.82) is 0 Å². The van der Waals surface area contributed by atoms with Crippen LogP contribution in [0.1, 0.15) is 22.3 Å². The minimum Gasteiger partial charge on any atom is -0.310 e. The molecule has 14 rings (SSSR count). The number of nitrogens with zero attached hydrogens (tertiary/aromatic N) is 3. The van der Waals surface area contributed by atoms with Crippen molar-refractivity contribution in [2.75, 3.05) is 9.80 Å². The Hall–Kier alpha value is -8.92. The molecule has 318 valence electrons. The van der Waals surface area contributed by atoms with E-state index in [0.29, 0.717) is 0 Å². The van der Waals surface area contributed by atoms with E-state index in [1.807, 2.05) is 0 Å². The number of benzene rings is 11. The Morgan fingerprint density at radius 3 is 1.47 bits per heavy atom. The third kappa shape index (κ3) is 5.41. The van der Waals surface area contributed by atoms with Crippen LogP contribution < -0.4 is 9.80 Å². The van der Waals surface area contributed by atoms with Crippen molar-refractivity contribution in [2.45, 2.75) is 5.41 Å². The minimum atomic E-state index is -0.574. The third-order valence-electron chi connectivity index (χ3n) is 14.5. The van der Waals surface area contributed by atoms with Gasteiger partial charge in [-0.2, -0.15) is 0 Å². The van der Waals surface area contributed by atoms with Crippen LogP contribution >= 0.6 is 0 Å². The van der Waals surface area contributed by atoms with Crippen LogP contribution in [0.5, 0.6) is 0 Å². The SMILES string of the molecule is c1ccc(N(c2ccccc2)c2cc3c(c4ccccc24)-c2ccccc2C32c3ccccc3-c3cc(N(c4ccccc4)c4cccc5c4c4ccccc4n5-c4ccccc4)ccc32)cc1. The molecule has 0 fully saturated rings. The Morgan fingerprint density at radius 1 is 0.294 bits per heavy atom. The van der Waals surface area contributed by atoms with Gasteiger partial charge in [-0.05, 0) is 135 Å². The highest BCUT2D eigenvalue weighted by molar-refractivity contribution is 6.17. The minimum absolute atomic E-state index is 0.574.